The van der Waals surface area contributed by atoms with E-state index < -0.39 is 0 Å². The largest absolute Gasteiger partial charge is 0.494 e. The number of aryl methyl sites for hydroxylation is 1. The molecular weight excluding hydrogens is 254 g/mol. The third-order valence-corrected chi connectivity index (χ3v) is 4.77. The molecule has 3 rings (SSSR count). The molecule has 2 nitrogen and oxygen atoms in total. The van der Waals surface area contributed by atoms with Crippen LogP contribution >= 0.6 is 11.3 Å². The van der Waals surface area contributed by atoms with E-state index in [-0.39, 0.29) is 0 Å². The molecule has 0 amide bonds. The van der Waals surface area contributed by atoms with Crippen molar-refractivity contribution in [2.45, 2.75) is 32.6 Å². The minimum atomic E-state index is 0.704. The third kappa shape index (κ3) is 2.35. The Hall–Kier alpha value is -1.48. The molecule has 0 unspecified atom stereocenters. The van der Waals surface area contributed by atoms with Crippen LogP contribution in [0.4, 0.5) is 5.00 Å². The van der Waals surface area contributed by atoms with E-state index in [2.05, 4.69) is 12.1 Å². The van der Waals surface area contributed by atoms with Crippen LogP contribution in [-0.4, -0.2) is 6.61 Å². The third-order valence-electron chi connectivity index (χ3n) is 3.65. The molecule has 0 spiro atoms. The Morgan fingerprint density at radius 2 is 1.89 bits per heavy atom. The minimum absolute atomic E-state index is 0.704. The molecule has 2 aromatic rings. The molecule has 100 valence electrons. The molecule has 3 heteroatoms. The van der Waals surface area contributed by atoms with Crippen molar-refractivity contribution in [3.8, 4) is 16.9 Å². The highest BCUT2D eigenvalue weighted by Crippen LogP contribution is 2.42. The molecule has 0 fully saturated rings. The van der Waals surface area contributed by atoms with Gasteiger partial charge in [0.1, 0.15) is 5.75 Å². The van der Waals surface area contributed by atoms with E-state index in [1.165, 1.54) is 47.3 Å². The summed E-state index contributed by atoms with van der Waals surface area (Å²) in [6.45, 7) is 2.70. The number of benzene rings is 1. The van der Waals surface area contributed by atoms with Crippen LogP contribution in [-0.2, 0) is 12.8 Å². The van der Waals surface area contributed by atoms with Crippen molar-refractivity contribution in [3.05, 3.63) is 34.7 Å². The van der Waals surface area contributed by atoms with Crippen LogP contribution in [0.5, 0.6) is 5.75 Å². The maximum absolute atomic E-state index is 6.24. The standard InChI is InChI=1S/C16H19NOS/c1-2-18-12-9-7-11(8-10-12)15-13-5-3-4-6-14(13)19-16(15)17/h7-10H,2-6,17H2,1H3. The first kappa shape index (κ1) is 12.5. The summed E-state index contributed by atoms with van der Waals surface area (Å²) >= 11 is 1.77. The van der Waals surface area contributed by atoms with E-state index in [4.69, 9.17) is 10.5 Å². The molecule has 19 heavy (non-hydrogen) atoms. The summed E-state index contributed by atoms with van der Waals surface area (Å²) < 4.78 is 5.49. The molecule has 1 aromatic heterocycles. The van der Waals surface area contributed by atoms with E-state index >= 15 is 0 Å². The first-order valence-corrected chi connectivity index (χ1v) is 7.74. The summed E-state index contributed by atoms with van der Waals surface area (Å²) in [4.78, 5) is 1.49. The molecule has 0 saturated heterocycles. The second-order valence-electron chi connectivity index (χ2n) is 4.91. The first-order chi connectivity index (χ1) is 9.29. The van der Waals surface area contributed by atoms with Gasteiger partial charge in [-0.25, -0.2) is 0 Å². The van der Waals surface area contributed by atoms with Gasteiger partial charge in [0.2, 0.25) is 0 Å². The Kier molecular flexibility index (Phi) is 3.47. The van der Waals surface area contributed by atoms with E-state index in [9.17, 15) is 0 Å². The van der Waals surface area contributed by atoms with Crippen molar-refractivity contribution in [3.63, 3.8) is 0 Å². The highest BCUT2D eigenvalue weighted by atomic mass is 32.1. The van der Waals surface area contributed by atoms with Crippen LogP contribution in [0.25, 0.3) is 11.1 Å². The van der Waals surface area contributed by atoms with Crippen molar-refractivity contribution in [1.82, 2.24) is 0 Å². The lowest BCUT2D eigenvalue weighted by molar-refractivity contribution is 0.340. The molecule has 2 N–H and O–H groups in total. The lowest BCUT2D eigenvalue weighted by Crippen LogP contribution is -1.99. The molecule has 1 aliphatic carbocycles. The van der Waals surface area contributed by atoms with E-state index in [1.807, 2.05) is 19.1 Å². The van der Waals surface area contributed by atoms with E-state index in [1.54, 1.807) is 11.3 Å². The summed E-state index contributed by atoms with van der Waals surface area (Å²) in [6.07, 6.45) is 4.95. The molecule has 0 saturated carbocycles. The number of ether oxygens (including phenoxy) is 1. The first-order valence-electron chi connectivity index (χ1n) is 6.93. The highest BCUT2D eigenvalue weighted by molar-refractivity contribution is 7.16. The van der Waals surface area contributed by atoms with Crippen molar-refractivity contribution in [1.29, 1.82) is 0 Å². The summed E-state index contributed by atoms with van der Waals surface area (Å²) in [5, 5.41) is 0.969. The zero-order valence-electron chi connectivity index (χ0n) is 11.2. The van der Waals surface area contributed by atoms with Gasteiger partial charge in [0.25, 0.3) is 0 Å². The summed E-state index contributed by atoms with van der Waals surface area (Å²) in [6, 6.07) is 8.31. The highest BCUT2D eigenvalue weighted by Gasteiger charge is 2.20. The molecule has 1 heterocycles. The van der Waals surface area contributed by atoms with Gasteiger partial charge < -0.3 is 10.5 Å². The van der Waals surface area contributed by atoms with Crippen LogP contribution in [0.15, 0.2) is 24.3 Å². The zero-order valence-corrected chi connectivity index (χ0v) is 12.1. The fourth-order valence-electron chi connectivity index (χ4n) is 2.79. The summed E-state index contributed by atoms with van der Waals surface area (Å²) in [5.74, 6) is 0.925. The number of hydrogen-bond donors (Lipinski definition) is 1. The van der Waals surface area contributed by atoms with Gasteiger partial charge in [-0.3, -0.25) is 0 Å². The Morgan fingerprint density at radius 3 is 2.63 bits per heavy atom. The van der Waals surface area contributed by atoms with Crippen molar-refractivity contribution < 1.29 is 4.74 Å². The monoisotopic (exact) mass is 273 g/mol. The molecular formula is C16H19NOS. The number of rotatable bonds is 3. The van der Waals surface area contributed by atoms with E-state index in [0.717, 1.165) is 10.8 Å². The lowest BCUT2D eigenvalue weighted by atomic mass is 9.92. The molecule has 1 aromatic carbocycles. The van der Waals surface area contributed by atoms with Gasteiger partial charge in [-0.05, 0) is 55.9 Å². The molecule has 0 radical (unpaired) electrons. The van der Waals surface area contributed by atoms with Gasteiger partial charge in [-0.2, -0.15) is 0 Å². The van der Waals surface area contributed by atoms with Crippen LogP contribution in [0.2, 0.25) is 0 Å². The topological polar surface area (TPSA) is 35.2 Å². The summed E-state index contributed by atoms with van der Waals surface area (Å²) in [7, 11) is 0. The number of nitrogens with two attached hydrogens (primary N) is 1. The summed E-state index contributed by atoms with van der Waals surface area (Å²) in [5.41, 5.74) is 10.2. The molecule has 1 aliphatic rings. The number of nitrogen functional groups attached to an aromatic ring is 1. The van der Waals surface area contributed by atoms with E-state index in [0.29, 0.717) is 6.61 Å². The second kappa shape index (κ2) is 5.25. The average Bonchev–Trinajstić information content (AvgIpc) is 2.76. The SMILES string of the molecule is CCOc1ccc(-c2c(N)sc3c2CCCC3)cc1. The van der Waals surface area contributed by atoms with Crippen molar-refractivity contribution >= 4 is 16.3 Å². The Bertz CT molecular complexity index is 571. The molecule has 0 aliphatic heterocycles. The Balaban J connectivity index is 1.99. The Labute approximate surface area is 118 Å². The predicted molar refractivity (Wildman–Crippen MR) is 82.0 cm³/mol. The number of fused-ring (bicyclic) bond motifs is 1. The van der Waals surface area contributed by atoms with Crippen molar-refractivity contribution in [2.75, 3.05) is 12.3 Å². The predicted octanol–water partition coefficient (Wildman–Crippen LogP) is 4.27. The van der Waals surface area contributed by atoms with Crippen LogP contribution in [0.1, 0.15) is 30.2 Å². The normalized spacial score (nSPS) is 14.2. The quantitative estimate of drug-likeness (QED) is 0.906. The van der Waals surface area contributed by atoms with Gasteiger partial charge in [0, 0.05) is 10.4 Å². The smallest absolute Gasteiger partial charge is 0.119 e. The lowest BCUT2D eigenvalue weighted by Gasteiger charge is -2.13. The zero-order chi connectivity index (χ0) is 13.2. The number of anilines is 1. The van der Waals surface area contributed by atoms with Crippen LogP contribution in [0.3, 0.4) is 0 Å². The van der Waals surface area contributed by atoms with Crippen LogP contribution < -0.4 is 10.5 Å². The van der Waals surface area contributed by atoms with Gasteiger partial charge in [-0.15, -0.1) is 11.3 Å². The van der Waals surface area contributed by atoms with Gasteiger partial charge in [-0.1, -0.05) is 12.1 Å². The second-order valence-corrected chi connectivity index (χ2v) is 6.04. The fraction of sp³-hybridized carbons (Fsp3) is 0.375. The van der Waals surface area contributed by atoms with Gasteiger partial charge in [0.05, 0.1) is 11.6 Å². The molecule has 0 bridgehead atoms. The maximum Gasteiger partial charge on any atom is 0.119 e. The Morgan fingerprint density at radius 1 is 1.16 bits per heavy atom. The fourth-order valence-corrected chi connectivity index (χ4v) is 3.97. The van der Waals surface area contributed by atoms with Crippen LogP contribution in [0, 0.1) is 0 Å². The average molecular weight is 273 g/mol. The molecule has 0 atom stereocenters. The maximum atomic E-state index is 6.24. The van der Waals surface area contributed by atoms with Crippen molar-refractivity contribution in [2.24, 2.45) is 0 Å². The van der Waals surface area contributed by atoms with Gasteiger partial charge >= 0.3 is 0 Å². The number of hydrogen-bond acceptors (Lipinski definition) is 3. The minimum Gasteiger partial charge on any atom is -0.494 e. The van der Waals surface area contributed by atoms with Gasteiger partial charge in [0.15, 0.2) is 0 Å². The number of thiophene rings is 1.